The fourth-order valence-corrected chi connectivity index (χ4v) is 4.48. The van der Waals surface area contributed by atoms with E-state index in [9.17, 15) is 13.2 Å². The Kier molecular flexibility index (Phi) is 6.63. The maximum absolute atomic E-state index is 12.8. The molecule has 3 aromatic rings. The van der Waals surface area contributed by atoms with Crippen molar-refractivity contribution < 1.29 is 17.6 Å². The number of carbonyl (C=O) groups is 1. The van der Waals surface area contributed by atoms with E-state index < -0.39 is 15.9 Å². The van der Waals surface area contributed by atoms with Crippen LogP contribution in [0.5, 0.6) is 0 Å². The minimum Gasteiger partial charge on any atom is -0.401 e. The number of anilines is 1. The standard InChI is InChI=1S/C19H24N6O4S/c1-4-11-25(12-5-2)30(27,28)15-8-6-14(7-9-15)17(26)20-19-22-21-18(29-19)16-10-13-24(3)23-16/h6-10,13H,4-5,11-12H2,1-3H3,(H,20,22,26). The first-order valence-corrected chi connectivity index (χ1v) is 11.0. The predicted octanol–water partition coefficient (Wildman–Crippen LogP) is 2.53. The van der Waals surface area contributed by atoms with Gasteiger partial charge in [-0.1, -0.05) is 18.9 Å². The van der Waals surface area contributed by atoms with E-state index in [1.807, 2.05) is 13.8 Å². The monoisotopic (exact) mass is 432 g/mol. The summed E-state index contributed by atoms with van der Waals surface area (Å²) in [5.41, 5.74) is 0.757. The Balaban J connectivity index is 1.71. The van der Waals surface area contributed by atoms with Gasteiger partial charge < -0.3 is 4.42 Å². The molecule has 0 saturated heterocycles. The number of aryl methyl sites for hydroxylation is 1. The van der Waals surface area contributed by atoms with Gasteiger partial charge in [0, 0.05) is 31.9 Å². The molecule has 0 atom stereocenters. The normalized spacial score (nSPS) is 11.7. The van der Waals surface area contributed by atoms with Crippen molar-refractivity contribution in [2.45, 2.75) is 31.6 Å². The highest BCUT2D eigenvalue weighted by Gasteiger charge is 2.23. The van der Waals surface area contributed by atoms with Crippen molar-refractivity contribution >= 4 is 21.9 Å². The molecule has 0 radical (unpaired) electrons. The minimum absolute atomic E-state index is 0.0746. The lowest BCUT2D eigenvalue weighted by Gasteiger charge is -2.21. The SMILES string of the molecule is CCCN(CCC)S(=O)(=O)c1ccc(C(=O)Nc2nnc(-c3ccn(C)n3)o2)cc1. The van der Waals surface area contributed by atoms with Gasteiger partial charge in [0.2, 0.25) is 10.0 Å². The van der Waals surface area contributed by atoms with E-state index in [-0.39, 0.29) is 22.4 Å². The third-order valence-electron chi connectivity index (χ3n) is 4.28. The van der Waals surface area contributed by atoms with Crippen molar-refractivity contribution in [2.75, 3.05) is 18.4 Å². The van der Waals surface area contributed by atoms with Crippen molar-refractivity contribution in [3.8, 4) is 11.6 Å². The Bertz CT molecular complexity index is 1100. The van der Waals surface area contributed by atoms with Gasteiger partial charge >= 0.3 is 6.01 Å². The summed E-state index contributed by atoms with van der Waals surface area (Å²) >= 11 is 0. The molecule has 1 aromatic carbocycles. The molecule has 0 bridgehead atoms. The van der Waals surface area contributed by atoms with Crippen LogP contribution in [0.25, 0.3) is 11.6 Å². The summed E-state index contributed by atoms with van der Waals surface area (Å²) < 4.78 is 34.1. The number of hydrogen-bond acceptors (Lipinski definition) is 7. The fraction of sp³-hybridized carbons (Fsp3) is 0.368. The molecule has 0 aliphatic carbocycles. The summed E-state index contributed by atoms with van der Waals surface area (Å²) in [5.74, 6) is -0.312. The van der Waals surface area contributed by atoms with Crippen LogP contribution in [0.2, 0.25) is 0 Å². The molecule has 160 valence electrons. The predicted molar refractivity (Wildman–Crippen MR) is 110 cm³/mol. The van der Waals surface area contributed by atoms with Crippen molar-refractivity contribution in [1.82, 2.24) is 24.3 Å². The Hall–Kier alpha value is -3.05. The van der Waals surface area contributed by atoms with Gasteiger partial charge in [0.25, 0.3) is 11.8 Å². The minimum atomic E-state index is -3.60. The molecule has 0 unspecified atom stereocenters. The Morgan fingerprint density at radius 2 is 1.77 bits per heavy atom. The summed E-state index contributed by atoms with van der Waals surface area (Å²) in [6.45, 7) is 4.77. The lowest BCUT2D eigenvalue weighted by molar-refractivity contribution is 0.102. The van der Waals surface area contributed by atoms with Gasteiger partial charge in [-0.15, -0.1) is 5.10 Å². The average Bonchev–Trinajstić information content (AvgIpc) is 3.36. The van der Waals surface area contributed by atoms with Crippen molar-refractivity contribution in [3.05, 3.63) is 42.1 Å². The van der Waals surface area contributed by atoms with Gasteiger partial charge in [-0.2, -0.15) is 9.40 Å². The molecule has 1 N–H and O–H groups in total. The molecule has 0 aliphatic rings. The lowest BCUT2D eigenvalue weighted by Crippen LogP contribution is -2.32. The molecule has 0 saturated carbocycles. The van der Waals surface area contributed by atoms with Gasteiger partial charge in [0.15, 0.2) is 0 Å². The first kappa shape index (κ1) is 21.7. The third kappa shape index (κ3) is 4.74. The van der Waals surface area contributed by atoms with Crippen LogP contribution in [-0.4, -0.2) is 51.7 Å². The van der Waals surface area contributed by atoms with Gasteiger partial charge in [-0.05, 0) is 43.2 Å². The van der Waals surface area contributed by atoms with Gasteiger partial charge in [0.1, 0.15) is 5.69 Å². The average molecular weight is 433 g/mol. The van der Waals surface area contributed by atoms with Crippen molar-refractivity contribution in [2.24, 2.45) is 7.05 Å². The van der Waals surface area contributed by atoms with E-state index in [0.29, 0.717) is 18.8 Å². The number of nitrogens with zero attached hydrogens (tertiary/aromatic N) is 5. The molecular weight excluding hydrogens is 408 g/mol. The van der Waals surface area contributed by atoms with Crippen LogP contribution in [0.1, 0.15) is 37.0 Å². The highest BCUT2D eigenvalue weighted by Crippen LogP contribution is 2.20. The molecular formula is C19H24N6O4S. The molecule has 0 fully saturated rings. The maximum atomic E-state index is 12.8. The number of nitrogens with one attached hydrogen (secondary N) is 1. The maximum Gasteiger partial charge on any atom is 0.322 e. The first-order valence-electron chi connectivity index (χ1n) is 9.60. The van der Waals surface area contributed by atoms with Crippen molar-refractivity contribution in [1.29, 1.82) is 0 Å². The summed E-state index contributed by atoms with van der Waals surface area (Å²) in [7, 11) is -1.84. The largest absolute Gasteiger partial charge is 0.401 e. The highest BCUT2D eigenvalue weighted by molar-refractivity contribution is 7.89. The Morgan fingerprint density at radius 3 is 2.33 bits per heavy atom. The number of amides is 1. The quantitative estimate of drug-likeness (QED) is 0.551. The van der Waals surface area contributed by atoms with E-state index in [2.05, 4.69) is 20.6 Å². The zero-order valence-corrected chi connectivity index (χ0v) is 17.9. The second kappa shape index (κ2) is 9.18. The van der Waals surface area contributed by atoms with Gasteiger partial charge in [-0.25, -0.2) is 8.42 Å². The summed E-state index contributed by atoms with van der Waals surface area (Å²) in [6.07, 6.45) is 3.18. The van der Waals surface area contributed by atoms with E-state index >= 15 is 0 Å². The Morgan fingerprint density at radius 1 is 1.10 bits per heavy atom. The molecule has 0 aliphatic heterocycles. The summed E-state index contributed by atoms with van der Waals surface area (Å²) in [4.78, 5) is 12.6. The number of hydrogen-bond donors (Lipinski definition) is 1. The lowest BCUT2D eigenvalue weighted by atomic mass is 10.2. The van der Waals surface area contributed by atoms with Crippen LogP contribution in [0.4, 0.5) is 6.01 Å². The van der Waals surface area contributed by atoms with E-state index in [0.717, 1.165) is 12.8 Å². The molecule has 3 rings (SSSR count). The van der Waals surface area contributed by atoms with Gasteiger partial charge in [0.05, 0.1) is 4.90 Å². The number of rotatable bonds is 9. The van der Waals surface area contributed by atoms with Crippen LogP contribution >= 0.6 is 0 Å². The van der Waals surface area contributed by atoms with Gasteiger partial charge in [-0.3, -0.25) is 14.8 Å². The van der Waals surface area contributed by atoms with Crippen LogP contribution in [0, 0.1) is 0 Å². The third-order valence-corrected chi connectivity index (χ3v) is 6.19. The first-order chi connectivity index (χ1) is 14.3. The highest BCUT2D eigenvalue weighted by atomic mass is 32.2. The van der Waals surface area contributed by atoms with Crippen LogP contribution in [0.15, 0.2) is 45.8 Å². The summed E-state index contributed by atoms with van der Waals surface area (Å²) in [5, 5.41) is 14.3. The molecule has 30 heavy (non-hydrogen) atoms. The van der Waals surface area contributed by atoms with E-state index in [1.165, 1.54) is 28.6 Å². The second-order valence-corrected chi connectivity index (χ2v) is 8.61. The number of sulfonamides is 1. The number of carbonyl (C=O) groups excluding carboxylic acids is 1. The van der Waals surface area contributed by atoms with E-state index in [4.69, 9.17) is 4.42 Å². The molecule has 11 heteroatoms. The fourth-order valence-electron chi connectivity index (χ4n) is 2.85. The van der Waals surface area contributed by atoms with Crippen LogP contribution < -0.4 is 5.32 Å². The van der Waals surface area contributed by atoms with E-state index in [1.54, 1.807) is 24.0 Å². The van der Waals surface area contributed by atoms with Crippen LogP contribution in [-0.2, 0) is 17.1 Å². The molecule has 2 heterocycles. The van der Waals surface area contributed by atoms with Crippen molar-refractivity contribution in [3.63, 3.8) is 0 Å². The topological polar surface area (TPSA) is 123 Å². The summed E-state index contributed by atoms with van der Waals surface area (Å²) in [6, 6.07) is 7.39. The molecule has 0 spiro atoms. The molecule has 1 amide bonds. The molecule has 10 nitrogen and oxygen atoms in total. The second-order valence-electron chi connectivity index (χ2n) is 6.67. The Labute approximate surface area is 175 Å². The molecule has 2 aromatic heterocycles. The zero-order valence-electron chi connectivity index (χ0n) is 17.1. The van der Waals surface area contributed by atoms with Crippen LogP contribution in [0.3, 0.4) is 0 Å². The zero-order chi connectivity index (χ0) is 21.7. The smallest absolute Gasteiger partial charge is 0.322 e. The number of aromatic nitrogens is 4. The number of benzene rings is 1.